The van der Waals surface area contributed by atoms with Gasteiger partial charge in [-0.2, -0.15) is 0 Å². The number of rotatable bonds is 6. The summed E-state index contributed by atoms with van der Waals surface area (Å²) in [7, 11) is -4.96. The van der Waals surface area contributed by atoms with E-state index >= 15 is 0 Å². The van der Waals surface area contributed by atoms with Gasteiger partial charge in [0.25, 0.3) is 0 Å². The lowest BCUT2D eigenvalue weighted by Crippen LogP contribution is -2.46. The second-order valence-corrected chi connectivity index (χ2v) is 17.9. The van der Waals surface area contributed by atoms with Gasteiger partial charge in [-0.15, -0.1) is 0 Å². The summed E-state index contributed by atoms with van der Waals surface area (Å²) in [6.45, 7) is 15.2. The van der Waals surface area contributed by atoms with Crippen molar-refractivity contribution in [1.82, 2.24) is 0 Å². The predicted molar refractivity (Wildman–Crippen MR) is 138 cm³/mol. The fourth-order valence-electron chi connectivity index (χ4n) is 3.84. The first kappa shape index (κ1) is 24.9. The summed E-state index contributed by atoms with van der Waals surface area (Å²) < 4.78 is 35.6. The molecule has 0 bridgehead atoms. The Morgan fingerprint density at radius 3 is 2.03 bits per heavy atom. The quantitative estimate of drug-likeness (QED) is 0.335. The van der Waals surface area contributed by atoms with Crippen molar-refractivity contribution in [2.24, 2.45) is 0 Å². The van der Waals surface area contributed by atoms with Crippen LogP contribution < -0.4 is 10.6 Å². The van der Waals surface area contributed by atoms with Crippen LogP contribution in [0.3, 0.4) is 0 Å². The Morgan fingerprint density at radius 2 is 1.56 bits per heavy atom. The van der Waals surface area contributed by atoms with Crippen molar-refractivity contribution in [1.29, 1.82) is 0 Å². The Kier molecular flexibility index (Phi) is 7.49. The van der Waals surface area contributed by atoms with Crippen LogP contribution in [0.15, 0.2) is 84.5 Å². The number of allylic oxidation sites excluding steroid dienone is 1. The maximum Gasteiger partial charge on any atom is 0.192 e. The number of benzene rings is 2. The van der Waals surface area contributed by atoms with Gasteiger partial charge in [-0.25, -0.2) is 4.39 Å². The van der Waals surface area contributed by atoms with E-state index in [1.165, 1.54) is 0 Å². The molecule has 0 aromatic heterocycles. The molecule has 0 saturated heterocycles. The van der Waals surface area contributed by atoms with E-state index in [1.54, 1.807) is 0 Å². The molecular weight excluding hydrogens is 434 g/mol. The molecule has 2 aromatic rings. The van der Waals surface area contributed by atoms with Crippen molar-refractivity contribution in [2.45, 2.75) is 64.0 Å². The second-order valence-electron chi connectivity index (χ2n) is 10.3. The highest BCUT2D eigenvalue weighted by atomic mass is 31.2. The van der Waals surface area contributed by atoms with Crippen molar-refractivity contribution in [3.05, 3.63) is 84.5 Å². The van der Waals surface area contributed by atoms with Crippen LogP contribution >= 0.6 is 7.14 Å². The molecule has 5 heteroatoms. The molecule has 32 heavy (non-hydrogen) atoms. The SMILES string of the molecule is C=C1/C(=C\CP(=O)(c2ccccc2)c2ccccc2)C[C@@H](F)C[C@@H]1O[Si](C)(C)C(C)(C)C. The van der Waals surface area contributed by atoms with E-state index in [0.717, 1.165) is 21.8 Å². The minimum absolute atomic E-state index is 0.0384. The summed E-state index contributed by atoms with van der Waals surface area (Å²) in [4.78, 5) is 0. The Labute approximate surface area is 194 Å². The van der Waals surface area contributed by atoms with Crippen LogP contribution in [0.5, 0.6) is 0 Å². The molecular formula is C27H36FO2PSi. The van der Waals surface area contributed by atoms with E-state index in [2.05, 4.69) is 40.4 Å². The van der Waals surface area contributed by atoms with Gasteiger partial charge in [0.05, 0.1) is 6.10 Å². The highest BCUT2D eigenvalue weighted by Gasteiger charge is 2.41. The van der Waals surface area contributed by atoms with Gasteiger partial charge in [0.15, 0.2) is 8.32 Å². The van der Waals surface area contributed by atoms with Gasteiger partial charge in [-0.1, -0.05) is 94.1 Å². The highest BCUT2D eigenvalue weighted by Crippen LogP contribution is 2.45. The zero-order valence-electron chi connectivity index (χ0n) is 20.0. The molecule has 0 amide bonds. The molecule has 1 aliphatic carbocycles. The molecule has 3 rings (SSSR count). The lowest BCUT2D eigenvalue weighted by Gasteiger charge is -2.42. The zero-order chi connectivity index (χ0) is 23.6. The highest BCUT2D eigenvalue weighted by molar-refractivity contribution is 7.78. The molecule has 2 nitrogen and oxygen atoms in total. The third-order valence-electron chi connectivity index (χ3n) is 6.90. The molecule has 0 unspecified atom stereocenters. The molecule has 1 saturated carbocycles. The van der Waals surface area contributed by atoms with Gasteiger partial charge < -0.3 is 8.99 Å². The third kappa shape index (κ3) is 5.42. The lowest BCUT2D eigenvalue weighted by atomic mass is 9.87. The first-order valence-corrected chi connectivity index (χ1v) is 16.1. The average molecular weight is 471 g/mol. The van der Waals surface area contributed by atoms with Crippen LogP contribution in [0.25, 0.3) is 0 Å². The maximum atomic E-state index is 14.8. The van der Waals surface area contributed by atoms with Crippen LogP contribution in [0, 0.1) is 0 Å². The van der Waals surface area contributed by atoms with Gasteiger partial charge >= 0.3 is 0 Å². The molecule has 0 radical (unpaired) electrons. The molecule has 2 aromatic carbocycles. The topological polar surface area (TPSA) is 26.3 Å². The number of hydrogen-bond acceptors (Lipinski definition) is 2. The summed E-state index contributed by atoms with van der Waals surface area (Å²) >= 11 is 0. The van der Waals surface area contributed by atoms with Crippen LogP contribution in [-0.4, -0.2) is 26.8 Å². The molecule has 1 aliphatic rings. The number of hydrogen-bond donors (Lipinski definition) is 0. The number of halogens is 1. The van der Waals surface area contributed by atoms with Gasteiger partial charge in [-0.05, 0) is 29.3 Å². The average Bonchev–Trinajstić information content (AvgIpc) is 2.75. The van der Waals surface area contributed by atoms with Crippen LogP contribution in [0.2, 0.25) is 18.1 Å². The van der Waals surface area contributed by atoms with E-state index < -0.39 is 21.6 Å². The fourth-order valence-corrected chi connectivity index (χ4v) is 7.64. The van der Waals surface area contributed by atoms with E-state index in [1.807, 2.05) is 66.7 Å². The number of alkyl halides is 1. The lowest BCUT2D eigenvalue weighted by molar-refractivity contribution is 0.147. The maximum absolute atomic E-state index is 14.8. The predicted octanol–water partition coefficient (Wildman–Crippen LogP) is 7.01. The van der Waals surface area contributed by atoms with Gasteiger partial charge in [-0.3, -0.25) is 0 Å². The van der Waals surface area contributed by atoms with E-state index in [-0.39, 0.29) is 11.1 Å². The van der Waals surface area contributed by atoms with Crippen LogP contribution in [0.1, 0.15) is 33.6 Å². The van der Waals surface area contributed by atoms with Crippen LogP contribution in [0.4, 0.5) is 4.39 Å². The normalized spacial score (nSPS) is 21.7. The molecule has 0 spiro atoms. The van der Waals surface area contributed by atoms with Gasteiger partial charge in [0, 0.05) is 29.6 Å². The zero-order valence-corrected chi connectivity index (χ0v) is 21.9. The Morgan fingerprint density at radius 1 is 1.06 bits per heavy atom. The molecule has 0 N–H and O–H groups in total. The summed E-state index contributed by atoms with van der Waals surface area (Å²) in [6.07, 6.45) is 1.65. The summed E-state index contributed by atoms with van der Waals surface area (Å²) in [5.74, 6) is 0. The minimum Gasteiger partial charge on any atom is -0.410 e. The molecule has 1 fully saturated rings. The molecule has 2 atom stereocenters. The largest absolute Gasteiger partial charge is 0.410 e. The monoisotopic (exact) mass is 470 g/mol. The van der Waals surface area contributed by atoms with Crippen molar-refractivity contribution in [3.63, 3.8) is 0 Å². The molecule has 0 heterocycles. The van der Waals surface area contributed by atoms with Crippen molar-refractivity contribution < 1.29 is 13.4 Å². The Bertz CT molecular complexity index is 965. The first-order valence-electron chi connectivity index (χ1n) is 11.3. The van der Waals surface area contributed by atoms with E-state index in [4.69, 9.17) is 4.43 Å². The van der Waals surface area contributed by atoms with E-state index in [9.17, 15) is 8.96 Å². The second kappa shape index (κ2) is 9.63. The minimum atomic E-state index is -2.90. The third-order valence-corrected chi connectivity index (χ3v) is 14.3. The van der Waals surface area contributed by atoms with Crippen LogP contribution in [-0.2, 0) is 8.99 Å². The Hall–Kier alpha value is -1.74. The van der Waals surface area contributed by atoms with Crippen molar-refractivity contribution in [3.8, 4) is 0 Å². The summed E-state index contributed by atoms with van der Waals surface area (Å²) in [5.41, 5.74) is 1.69. The van der Waals surface area contributed by atoms with E-state index in [0.29, 0.717) is 19.0 Å². The van der Waals surface area contributed by atoms with Crippen molar-refractivity contribution >= 4 is 26.1 Å². The smallest absolute Gasteiger partial charge is 0.192 e. The first-order chi connectivity index (χ1) is 14.9. The fraction of sp³-hybridized carbons (Fsp3) is 0.407. The molecule has 0 aliphatic heterocycles. The summed E-state index contributed by atoms with van der Waals surface area (Å²) in [6, 6.07) is 19.2. The van der Waals surface area contributed by atoms with Crippen molar-refractivity contribution in [2.75, 3.05) is 6.16 Å². The van der Waals surface area contributed by atoms with Gasteiger partial charge in [0.1, 0.15) is 13.3 Å². The Balaban J connectivity index is 1.91. The molecule has 172 valence electrons. The standard InChI is InChI=1S/C27H36FO2PSi/c1-21-22(19-23(28)20-26(21)30-32(5,6)27(2,3)4)17-18-31(29,24-13-9-7-10-14-24)25-15-11-8-12-16-25/h7-17,23,26H,1,18-20H2,2-6H3/b22-17-/t23-,26+/m1/s1. The summed E-state index contributed by atoms with van der Waals surface area (Å²) in [5, 5.41) is 1.67. The van der Waals surface area contributed by atoms with Gasteiger partial charge in [0.2, 0.25) is 0 Å².